The third-order valence-corrected chi connectivity index (χ3v) is 2.47. The van der Waals surface area contributed by atoms with Gasteiger partial charge in [-0.1, -0.05) is 15.9 Å². The summed E-state index contributed by atoms with van der Waals surface area (Å²) in [5.41, 5.74) is 0.647. The van der Waals surface area contributed by atoms with E-state index in [4.69, 9.17) is 9.47 Å². The fourth-order valence-electron chi connectivity index (χ4n) is 1.56. The van der Waals surface area contributed by atoms with Crippen LogP contribution in [0.3, 0.4) is 0 Å². The number of rotatable bonds is 3. The highest BCUT2D eigenvalue weighted by molar-refractivity contribution is 9.09. The first kappa shape index (κ1) is 9.49. The van der Waals surface area contributed by atoms with Crippen molar-refractivity contribution < 1.29 is 9.47 Å². The van der Waals surface area contributed by atoms with Crippen molar-refractivity contribution in [1.82, 2.24) is 0 Å². The molecule has 0 radical (unpaired) electrons. The molecule has 1 fully saturated rings. The predicted octanol–water partition coefficient (Wildman–Crippen LogP) is 2.31. The molecule has 0 N–H and O–H groups in total. The second kappa shape index (κ2) is 5.12. The summed E-state index contributed by atoms with van der Waals surface area (Å²) < 4.78 is 10.7. The molecule has 0 aliphatic heterocycles. The van der Waals surface area contributed by atoms with E-state index in [2.05, 4.69) is 15.9 Å². The summed E-state index contributed by atoms with van der Waals surface area (Å²) in [7, 11) is 1.78. The normalized spacial score (nSPS) is 32.2. The van der Waals surface area contributed by atoms with Gasteiger partial charge < -0.3 is 9.47 Å². The van der Waals surface area contributed by atoms with Crippen LogP contribution in [-0.2, 0) is 9.47 Å². The van der Waals surface area contributed by atoms with E-state index in [0.717, 1.165) is 6.42 Å². The molecule has 1 saturated carbocycles. The lowest BCUT2D eigenvalue weighted by Gasteiger charge is -2.27. The Morgan fingerprint density at radius 3 is 2.73 bits per heavy atom. The first-order valence-corrected chi connectivity index (χ1v) is 5.19. The Balaban J connectivity index is 2.21. The Morgan fingerprint density at radius 2 is 2.09 bits per heavy atom. The predicted molar refractivity (Wildman–Crippen MR) is 47.9 cm³/mol. The van der Waals surface area contributed by atoms with Crippen LogP contribution in [0.25, 0.3) is 0 Å². The SMILES string of the molecule is COC1CCCC(OCBr)C1. The Morgan fingerprint density at radius 1 is 1.36 bits per heavy atom. The zero-order valence-corrected chi connectivity index (χ0v) is 8.47. The molecule has 2 nitrogen and oxygen atoms in total. The maximum atomic E-state index is 5.45. The van der Waals surface area contributed by atoms with Gasteiger partial charge in [-0.15, -0.1) is 0 Å². The molecule has 0 aromatic carbocycles. The molecule has 0 aromatic rings. The molecule has 0 bridgehead atoms. The van der Waals surface area contributed by atoms with Gasteiger partial charge in [0.1, 0.15) is 5.52 Å². The molecule has 2 atom stereocenters. The minimum Gasteiger partial charge on any atom is -0.381 e. The van der Waals surface area contributed by atoms with Gasteiger partial charge in [0.25, 0.3) is 0 Å². The molecule has 0 aromatic heterocycles. The lowest BCUT2D eigenvalue weighted by atomic mass is 9.95. The minimum absolute atomic E-state index is 0.410. The largest absolute Gasteiger partial charge is 0.381 e. The lowest BCUT2D eigenvalue weighted by molar-refractivity contribution is -0.0130. The molecule has 66 valence electrons. The second-order valence-corrected chi connectivity index (χ2v) is 3.38. The third-order valence-electron chi connectivity index (χ3n) is 2.21. The molecule has 11 heavy (non-hydrogen) atoms. The van der Waals surface area contributed by atoms with Crippen LogP contribution in [-0.4, -0.2) is 24.8 Å². The summed E-state index contributed by atoms with van der Waals surface area (Å²) in [6.07, 6.45) is 5.50. The molecule has 1 aliphatic carbocycles. The van der Waals surface area contributed by atoms with Crippen LogP contribution in [0.5, 0.6) is 0 Å². The molecular formula is C8H15BrO2. The van der Waals surface area contributed by atoms with E-state index in [9.17, 15) is 0 Å². The van der Waals surface area contributed by atoms with Crippen molar-refractivity contribution in [2.45, 2.75) is 37.9 Å². The number of ether oxygens (including phenoxy) is 2. The third kappa shape index (κ3) is 3.09. The van der Waals surface area contributed by atoms with Crippen LogP contribution < -0.4 is 0 Å². The molecule has 0 heterocycles. The maximum absolute atomic E-state index is 5.45. The van der Waals surface area contributed by atoms with Crippen molar-refractivity contribution in [1.29, 1.82) is 0 Å². The van der Waals surface area contributed by atoms with Gasteiger partial charge in [0.2, 0.25) is 0 Å². The monoisotopic (exact) mass is 222 g/mol. The Kier molecular flexibility index (Phi) is 4.41. The Hall–Kier alpha value is 0.400. The molecule has 0 amide bonds. The molecule has 2 unspecified atom stereocenters. The van der Waals surface area contributed by atoms with Gasteiger partial charge in [0.05, 0.1) is 12.2 Å². The molecule has 1 aliphatic rings. The highest BCUT2D eigenvalue weighted by atomic mass is 79.9. The zero-order chi connectivity index (χ0) is 8.10. The van der Waals surface area contributed by atoms with E-state index in [1.807, 2.05) is 0 Å². The van der Waals surface area contributed by atoms with Gasteiger partial charge in [0, 0.05) is 7.11 Å². The van der Waals surface area contributed by atoms with Crippen molar-refractivity contribution in [2.24, 2.45) is 0 Å². The lowest BCUT2D eigenvalue weighted by Crippen LogP contribution is -2.27. The van der Waals surface area contributed by atoms with E-state index in [1.54, 1.807) is 7.11 Å². The summed E-state index contributed by atoms with van der Waals surface area (Å²) >= 11 is 3.26. The summed E-state index contributed by atoms with van der Waals surface area (Å²) in [5.74, 6) is 0. The molecule has 1 rings (SSSR count). The van der Waals surface area contributed by atoms with Gasteiger partial charge in [0.15, 0.2) is 0 Å². The van der Waals surface area contributed by atoms with Crippen molar-refractivity contribution in [3.63, 3.8) is 0 Å². The highest BCUT2D eigenvalue weighted by Gasteiger charge is 2.21. The van der Waals surface area contributed by atoms with Crippen LogP contribution in [0.1, 0.15) is 25.7 Å². The number of alkyl halides is 1. The number of hydrogen-bond acceptors (Lipinski definition) is 2. The van der Waals surface area contributed by atoms with E-state index >= 15 is 0 Å². The average Bonchev–Trinajstić information content (AvgIpc) is 2.06. The van der Waals surface area contributed by atoms with Crippen molar-refractivity contribution >= 4 is 15.9 Å². The Labute approximate surface area is 76.4 Å². The number of hydrogen-bond donors (Lipinski definition) is 0. The minimum atomic E-state index is 0.410. The first-order valence-electron chi connectivity index (χ1n) is 4.07. The zero-order valence-electron chi connectivity index (χ0n) is 6.88. The van der Waals surface area contributed by atoms with Crippen LogP contribution in [0.15, 0.2) is 0 Å². The van der Waals surface area contributed by atoms with E-state index in [1.165, 1.54) is 19.3 Å². The molecule has 0 saturated heterocycles. The van der Waals surface area contributed by atoms with Gasteiger partial charge >= 0.3 is 0 Å². The van der Waals surface area contributed by atoms with Crippen LogP contribution >= 0.6 is 15.9 Å². The standard InChI is InChI=1S/C8H15BrO2/c1-10-7-3-2-4-8(5-7)11-6-9/h7-8H,2-6H2,1H3. The molecule has 3 heteroatoms. The van der Waals surface area contributed by atoms with E-state index in [-0.39, 0.29) is 0 Å². The fourth-order valence-corrected chi connectivity index (χ4v) is 1.93. The molecule has 0 spiro atoms. The summed E-state index contributed by atoms with van der Waals surface area (Å²) in [6.45, 7) is 0. The van der Waals surface area contributed by atoms with E-state index in [0.29, 0.717) is 17.7 Å². The van der Waals surface area contributed by atoms with E-state index < -0.39 is 0 Å². The van der Waals surface area contributed by atoms with Gasteiger partial charge in [-0.25, -0.2) is 0 Å². The van der Waals surface area contributed by atoms with Gasteiger partial charge in [-0.05, 0) is 25.7 Å². The van der Waals surface area contributed by atoms with Crippen molar-refractivity contribution in [3.05, 3.63) is 0 Å². The summed E-state index contributed by atoms with van der Waals surface area (Å²) in [6, 6.07) is 0. The summed E-state index contributed by atoms with van der Waals surface area (Å²) in [4.78, 5) is 0. The smallest absolute Gasteiger partial charge is 0.102 e. The summed E-state index contributed by atoms with van der Waals surface area (Å²) in [5, 5.41) is 0. The topological polar surface area (TPSA) is 18.5 Å². The highest BCUT2D eigenvalue weighted by Crippen LogP contribution is 2.23. The van der Waals surface area contributed by atoms with Crippen LogP contribution in [0, 0.1) is 0 Å². The average molecular weight is 223 g/mol. The maximum Gasteiger partial charge on any atom is 0.102 e. The second-order valence-electron chi connectivity index (χ2n) is 2.92. The van der Waals surface area contributed by atoms with Gasteiger partial charge in [-0.3, -0.25) is 0 Å². The first-order chi connectivity index (χ1) is 5.36. The van der Waals surface area contributed by atoms with Crippen molar-refractivity contribution in [3.8, 4) is 0 Å². The van der Waals surface area contributed by atoms with Crippen LogP contribution in [0.2, 0.25) is 0 Å². The fraction of sp³-hybridized carbons (Fsp3) is 1.00. The number of methoxy groups -OCH3 is 1. The van der Waals surface area contributed by atoms with Gasteiger partial charge in [-0.2, -0.15) is 0 Å². The van der Waals surface area contributed by atoms with Crippen LogP contribution in [0.4, 0.5) is 0 Å². The number of halogens is 1. The Bertz CT molecular complexity index is 106. The van der Waals surface area contributed by atoms with Crippen molar-refractivity contribution in [2.75, 3.05) is 12.6 Å². The molecular weight excluding hydrogens is 208 g/mol. The quantitative estimate of drug-likeness (QED) is 0.683.